The molecular weight excluding hydrogens is 294 g/mol. The number of benzene rings is 2. The molecule has 0 heterocycles. The summed E-state index contributed by atoms with van der Waals surface area (Å²) in [6.45, 7) is 0.575. The normalized spacial score (nSPS) is 13.2. The van der Waals surface area contributed by atoms with E-state index in [1.54, 1.807) is 18.3 Å². The Hall–Kier alpha value is -2.74. The van der Waals surface area contributed by atoms with Gasteiger partial charge in [-0.1, -0.05) is 30.3 Å². The monoisotopic (exact) mass is 313 g/mol. The fraction of sp³-hybridized carbons (Fsp3) is 0.125. The van der Waals surface area contributed by atoms with E-state index in [-0.39, 0.29) is 11.6 Å². The second-order valence-corrected chi connectivity index (χ2v) is 4.80. The van der Waals surface area contributed by atoms with Crippen LogP contribution in [0.25, 0.3) is 0 Å². The molecule has 0 aromatic heterocycles. The second kappa shape index (κ2) is 8.64. The van der Waals surface area contributed by atoms with Gasteiger partial charge in [0.25, 0.3) is 0 Å². The third-order valence-electron chi connectivity index (χ3n) is 3.08. The third-order valence-corrected chi connectivity index (χ3v) is 3.08. The highest BCUT2D eigenvalue weighted by atomic mass is 16.8. The molecule has 23 heavy (non-hydrogen) atoms. The standard InChI is InChI=1S/C16H19N5O2/c17-16(18-11-10-13-4-2-1-3-5-13)20-19-12-14-6-8-15(9-7-14)21(22)23/h1-9,12,21-22H,10-11H2,(H3,17,18,20)/b19-12+. The smallest absolute Gasteiger partial charge is 0.209 e. The van der Waals surface area contributed by atoms with Crippen LogP contribution < -0.4 is 16.4 Å². The molecule has 120 valence electrons. The van der Waals surface area contributed by atoms with Gasteiger partial charge in [0.2, 0.25) is 5.96 Å². The zero-order valence-corrected chi connectivity index (χ0v) is 12.5. The van der Waals surface area contributed by atoms with Gasteiger partial charge in [-0.05, 0) is 29.7 Å². The van der Waals surface area contributed by atoms with Crippen LogP contribution in [-0.2, 0) is 6.42 Å². The second-order valence-electron chi connectivity index (χ2n) is 4.80. The van der Waals surface area contributed by atoms with Crippen molar-refractivity contribution in [3.05, 3.63) is 70.9 Å². The maximum Gasteiger partial charge on any atom is 0.209 e. The minimum Gasteiger partial charge on any atom is -0.595 e. The van der Waals surface area contributed by atoms with Crippen molar-refractivity contribution < 1.29 is 10.4 Å². The lowest BCUT2D eigenvalue weighted by molar-refractivity contribution is -0.991. The lowest BCUT2D eigenvalue weighted by Crippen LogP contribution is -2.99. The van der Waals surface area contributed by atoms with Crippen molar-refractivity contribution >= 4 is 17.9 Å². The lowest BCUT2D eigenvalue weighted by atomic mass is 10.2. The van der Waals surface area contributed by atoms with E-state index >= 15 is 0 Å². The molecule has 2 aromatic carbocycles. The summed E-state index contributed by atoms with van der Waals surface area (Å²) in [7, 11) is 0. The first-order valence-electron chi connectivity index (χ1n) is 7.11. The van der Waals surface area contributed by atoms with Crippen molar-refractivity contribution in [1.82, 2.24) is 5.43 Å². The van der Waals surface area contributed by atoms with Crippen molar-refractivity contribution in [1.29, 1.82) is 0 Å². The van der Waals surface area contributed by atoms with E-state index in [1.807, 2.05) is 30.3 Å². The van der Waals surface area contributed by atoms with Gasteiger partial charge in [0.15, 0.2) is 5.69 Å². The maximum absolute atomic E-state index is 10.7. The summed E-state index contributed by atoms with van der Waals surface area (Å²) in [5, 5.41) is 22.6. The summed E-state index contributed by atoms with van der Waals surface area (Å²) < 4.78 is 0. The summed E-state index contributed by atoms with van der Waals surface area (Å²) in [6.07, 6.45) is 2.36. The largest absolute Gasteiger partial charge is 0.595 e. The van der Waals surface area contributed by atoms with E-state index in [4.69, 9.17) is 10.9 Å². The molecule has 7 nitrogen and oxygen atoms in total. The summed E-state index contributed by atoms with van der Waals surface area (Å²) >= 11 is 0. The Bertz CT molecular complexity index is 654. The van der Waals surface area contributed by atoms with Crippen molar-refractivity contribution in [2.45, 2.75) is 6.42 Å². The number of nitrogens with one attached hydrogen (secondary N) is 2. The Kier molecular flexibility index (Phi) is 6.25. The van der Waals surface area contributed by atoms with Crippen LogP contribution in [0, 0.1) is 5.21 Å². The average Bonchev–Trinajstić information content (AvgIpc) is 2.56. The van der Waals surface area contributed by atoms with E-state index in [0.717, 1.165) is 12.0 Å². The van der Waals surface area contributed by atoms with E-state index in [9.17, 15) is 5.21 Å². The highest BCUT2D eigenvalue weighted by Crippen LogP contribution is 2.02. The van der Waals surface area contributed by atoms with Gasteiger partial charge in [0.1, 0.15) is 0 Å². The predicted octanol–water partition coefficient (Wildman–Crippen LogP) is 0.571. The van der Waals surface area contributed by atoms with Crippen LogP contribution in [0.5, 0.6) is 0 Å². The fourth-order valence-corrected chi connectivity index (χ4v) is 1.87. The molecule has 0 aliphatic heterocycles. The molecule has 0 radical (unpaired) electrons. The molecule has 0 saturated carbocycles. The van der Waals surface area contributed by atoms with Crippen molar-refractivity contribution in [3.8, 4) is 0 Å². The van der Waals surface area contributed by atoms with E-state index < -0.39 is 5.23 Å². The molecule has 2 rings (SSSR count). The van der Waals surface area contributed by atoms with Gasteiger partial charge < -0.3 is 10.9 Å². The molecular formula is C16H19N5O2. The van der Waals surface area contributed by atoms with Crippen LogP contribution in [0.4, 0.5) is 5.69 Å². The molecule has 1 unspecified atom stereocenters. The number of guanidine groups is 1. The minimum absolute atomic E-state index is 0.233. The van der Waals surface area contributed by atoms with Gasteiger partial charge in [-0.2, -0.15) is 10.3 Å². The van der Waals surface area contributed by atoms with E-state index in [2.05, 4.69) is 15.5 Å². The number of hydrazone groups is 1. The quantitative estimate of drug-likeness (QED) is 0.355. The van der Waals surface area contributed by atoms with Crippen molar-refractivity contribution in [2.24, 2.45) is 15.8 Å². The summed E-state index contributed by atoms with van der Waals surface area (Å²) in [4.78, 5) is 4.18. The van der Waals surface area contributed by atoms with Crippen LogP contribution in [0.15, 0.2) is 64.7 Å². The van der Waals surface area contributed by atoms with Crippen molar-refractivity contribution in [3.63, 3.8) is 0 Å². The number of quaternary nitrogens is 1. The van der Waals surface area contributed by atoms with E-state index in [1.165, 1.54) is 17.7 Å². The third kappa shape index (κ3) is 5.87. The molecule has 0 aliphatic rings. The molecule has 0 amide bonds. The summed E-state index contributed by atoms with van der Waals surface area (Å²) in [6, 6.07) is 16.4. The molecule has 2 aromatic rings. The van der Waals surface area contributed by atoms with Gasteiger partial charge in [-0.3, -0.25) is 4.99 Å². The Morgan fingerprint density at radius 2 is 1.87 bits per heavy atom. The highest BCUT2D eigenvalue weighted by molar-refractivity contribution is 5.83. The fourth-order valence-electron chi connectivity index (χ4n) is 1.87. The molecule has 0 spiro atoms. The van der Waals surface area contributed by atoms with Gasteiger partial charge in [0.05, 0.1) is 6.21 Å². The molecule has 1 atom stereocenters. The first-order chi connectivity index (χ1) is 11.1. The topological polar surface area (TPSA) is 110 Å². The summed E-state index contributed by atoms with van der Waals surface area (Å²) in [5.74, 6) is 0.235. The molecule has 0 fully saturated rings. The average molecular weight is 313 g/mol. The van der Waals surface area contributed by atoms with Gasteiger partial charge >= 0.3 is 0 Å². The summed E-state index contributed by atoms with van der Waals surface area (Å²) in [5.41, 5.74) is 10.5. The number of hydrogen-bond donors (Lipinski definition) is 4. The zero-order chi connectivity index (χ0) is 16.5. The molecule has 0 bridgehead atoms. The number of aliphatic imine (C=N–C) groups is 1. The first kappa shape index (κ1) is 16.6. The Balaban J connectivity index is 1.78. The van der Waals surface area contributed by atoms with Crippen LogP contribution >= 0.6 is 0 Å². The number of hydrogen-bond acceptors (Lipinski definition) is 4. The predicted molar refractivity (Wildman–Crippen MR) is 89.6 cm³/mol. The molecule has 5 N–H and O–H groups in total. The SMILES string of the molecule is NC(=NCCc1ccccc1)N/N=C/c1ccc([NH+]([O-])O)cc1. The number of rotatable bonds is 6. The van der Waals surface area contributed by atoms with Gasteiger partial charge in [-0.25, -0.2) is 10.6 Å². The van der Waals surface area contributed by atoms with Crippen LogP contribution in [0.2, 0.25) is 0 Å². The molecule has 0 saturated heterocycles. The maximum atomic E-state index is 10.7. The molecule has 0 aliphatic carbocycles. The number of nitrogens with zero attached hydrogens (tertiary/aromatic N) is 2. The Morgan fingerprint density at radius 3 is 2.52 bits per heavy atom. The zero-order valence-electron chi connectivity index (χ0n) is 12.5. The Morgan fingerprint density at radius 1 is 1.17 bits per heavy atom. The van der Waals surface area contributed by atoms with Crippen LogP contribution in [0.3, 0.4) is 0 Å². The van der Waals surface area contributed by atoms with Gasteiger partial charge in [-0.15, -0.1) is 0 Å². The van der Waals surface area contributed by atoms with Gasteiger partial charge in [0, 0.05) is 18.7 Å². The van der Waals surface area contributed by atoms with Crippen molar-refractivity contribution in [2.75, 3.05) is 6.54 Å². The molecule has 7 heteroatoms. The Labute approximate surface area is 134 Å². The van der Waals surface area contributed by atoms with Crippen LogP contribution in [-0.4, -0.2) is 23.9 Å². The number of nitrogens with two attached hydrogens (primary N) is 1. The minimum atomic E-state index is -0.957. The lowest BCUT2D eigenvalue weighted by Gasteiger charge is -2.10. The highest BCUT2D eigenvalue weighted by Gasteiger charge is 1.98. The van der Waals surface area contributed by atoms with E-state index in [0.29, 0.717) is 6.54 Å². The van der Waals surface area contributed by atoms with Crippen LogP contribution in [0.1, 0.15) is 11.1 Å². The first-order valence-corrected chi connectivity index (χ1v) is 7.11.